The van der Waals surface area contributed by atoms with Crippen LogP contribution in [-0.4, -0.2) is 39.0 Å². The number of H-pyrrole nitrogens is 1. The van der Waals surface area contributed by atoms with Crippen LogP contribution in [0.1, 0.15) is 36.2 Å². The quantitative estimate of drug-likeness (QED) is 0.575. The number of nitrogens with zero attached hydrogens (tertiary/aromatic N) is 2. The molecule has 0 saturated heterocycles. The van der Waals surface area contributed by atoms with Gasteiger partial charge in [-0.1, -0.05) is 23.9 Å². The van der Waals surface area contributed by atoms with Crippen molar-refractivity contribution in [2.45, 2.75) is 31.0 Å². The largest absolute Gasteiger partial charge is 0.462 e. The first kappa shape index (κ1) is 17.3. The van der Waals surface area contributed by atoms with Crippen molar-refractivity contribution < 1.29 is 14.3 Å². The highest BCUT2D eigenvalue weighted by atomic mass is 32.2. The lowest BCUT2D eigenvalue weighted by Gasteiger charge is -2.10. The number of benzene rings is 1. The SMILES string of the molecule is CCOC(=O)c1ccccc1NC(=O)CSc1n[nH]c(=O)n1C1CC1. The van der Waals surface area contributed by atoms with E-state index in [1.165, 1.54) is 11.8 Å². The molecule has 0 aliphatic heterocycles. The van der Waals surface area contributed by atoms with Gasteiger partial charge in [0.05, 0.1) is 23.6 Å². The maximum absolute atomic E-state index is 12.2. The summed E-state index contributed by atoms with van der Waals surface area (Å²) in [6.07, 6.45) is 1.90. The Morgan fingerprint density at radius 2 is 2.16 bits per heavy atom. The van der Waals surface area contributed by atoms with Gasteiger partial charge in [-0.3, -0.25) is 9.36 Å². The van der Waals surface area contributed by atoms with Crippen LogP contribution in [0.15, 0.2) is 34.2 Å². The van der Waals surface area contributed by atoms with Crippen LogP contribution in [0, 0.1) is 0 Å². The van der Waals surface area contributed by atoms with E-state index < -0.39 is 5.97 Å². The molecule has 9 heteroatoms. The number of amides is 1. The molecule has 0 radical (unpaired) electrons. The van der Waals surface area contributed by atoms with E-state index in [9.17, 15) is 14.4 Å². The lowest BCUT2D eigenvalue weighted by molar-refractivity contribution is -0.113. The van der Waals surface area contributed by atoms with E-state index in [-0.39, 0.29) is 30.0 Å². The van der Waals surface area contributed by atoms with Gasteiger partial charge in [0.25, 0.3) is 0 Å². The smallest absolute Gasteiger partial charge is 0.344 e. The Morgan fingerprint density at radius 1 is 1.40 bits per heavy atom. The molecule has 3 rings (SSSR count). The van der Waals surface area contributed by atoms with Crippen LogP contribution in [0.2, 0.25) is 0 Å². The summed E-state index contributed by atoms with van der Waals surface area (Å²) in [7, 11) is 0. The second kappa shape index (κ2) is 7.56. The average Bonchev–Trinajstić information content (AvgIpc) is 3.36. The van der Waals surface area contributed by atoms with Crippen molar-refractivity contribution in [2.24, 2.45) is 0 Å². The minimum absolute atomic E-state index is 0.0776. The van der Waals surface area contributed by atoms with Crippen LogP contribution in [0.25, 0.3) is 0 Å². The molecule has 1 aliphatic carbocycles. The molecule has 1 saturated carbocycles. The number of rotatable bonds is 7. The van der Waals surface area contributed by atoms with Crippen LogP contribution in [0.5, 0.6) is 0 Å². The van der Waals surface area contributed by atoms with Crippen molar-refractivity contribution >= 4 is 29.3 Å². The standard InChI is InChI=1S/C16H18N4O4S/c1-2-24-14(22)11-5-3-4-6-12(11)17-13(21)9-25-16-19-18-15(23)20(16)10-7-8-10/h3-6,10H,2,7-9H2,1H3,(H,17,21)(H,18,23). The van der Waals surface area contributed by atoms with E-state index in [0.717, 1.165) is 12.8 Å². The number of nitrogens with one attached hydrogen (secondary N) is 2. The zero-order chi connectivity index (χ0) is 17.8. The number of aromatic nitrogens is 3. The van der Waals surface area contributed by atoms with Gasteiger partial charge in [0.2, 0.25) is 5.91 Å². The van der Waals surface area contributed by atoms with Crippen LogP contribution in [-0.2, 0) is 9.53 Å². The second-order valence-corrected chi connectivity index (χ2v) is 6.46. The van der Waals surface area contributed by atoms with Crippen molar-refractivity contribution in [2.75, 3.05) is 17.7 Å². The van der Waals surface area contributed by atoms with Gasteiger partial charge < -0.3 is 10.1 Å². The van der Waals surface area contributed by atoms with Gasteiger partial charge in [0.15, 0.2) is 5.16 Å². The molecular weight excluding hydrogens is 344 g/mol. The van der Waals surface area contributed by atoms with Gasteiger partial charge in [-0.15, -0.1) is 5.10 Å². The van der Waals surface area contributed by atoms with E-state index >= 15 is 0 Å². The first-order valence-corrected chi connectivity index (χ1v) is 8.94. The molecule has 132 valence electrons. The van der Waals surface area contributed by atoms with Crippen LogP contribution < -0.4 is 11.0 Å². The number of thioether (sulfide) groups is 1. The third-order valence-corrected chi connectivity index (χ3v) is 4.57. The molecule has 0 atom stereocenters. The van der Waals surface area contributed by atoms with E-state index in [2.05, 4.69) is 15.5 Å². The lowest BCUT2D eigenvalue weighted by atomic mass is 10.2. The molecule has 0 unspecified atom stereocenters. The maximum Gasteiger partial charge on any atom is 0.344 e. The first-order valence-electron chi connectivity index (χ1n) is 7.96. The Labute approximate surface area is 148 Å². The number of para-hydroxylation sites is 1. The average molecular weight is 362 g/mol. The number of hydrogen-bond donors (Lipinski definition) is 2. The number of carbonyl (C=O) groups is 2. The van der Waals surface area contributed by atoms with Gasteiger partial charge in [0, 0.05) is 6.04 Å². The van der Waals surface area contributed by atoms with Gasteiger partial charge in [0.1, 0.15) is 0 Å². The molecular formula is C16H18N4O4S. The highest BCUT2D eigenvalue weighted by Gasteiger charge is 2.28. The fraction of sp³-hybridized carbons (Fsp3) is 0.375. The fourth-order valence-electron chi connectivity index (χ4n) is 2.34. The summed E-state index contributed by atoms with van der Waals surface area (Å²) in [6, 6.07) is 6.85. The molecule has 1 heterocycles. The number of carbonyl (C=O) groups excluding carboxylic acids is 2. The van der Waals surface area contributed by atoms with Crippen molar-refractivity contribution in [1.29, 1.82) is 0 Å². The molecule has 2 N–H and O–H groups in total. The summed E-state index contributed by atoms with van der Waals surface area (Å²) in [4.78, 5) is 35.9. The van der Waals surface area contributed by atoms with Crippen LogP contribution in [0.4, 0.5) is 5.69 Å². The zero-order valence-corrected chi connectivity index (χ0v) is 14.5. The predicted octanol–water partition coefficient (Wildman–Crippen LogP) is 1.81. The summed E-state index contributed by atoms with van der Waals surface area (Å²) in [5.41, 5.74) is 0.448. The molecule has 1 aliphatic rings. The third-order valence-electron chi connectivity index (χ3n) is 3.61. The Balaban J connectivity index is 1.64. The van der Waals surface area contributed by atoms with Crippen molar-refractivity contribution in [3.8, 4) is 0 Å². The first-order chi connectivity index (χ1) is 12.1. The molecule has 0 spiro atoms. The molecule has 1 aromatic carbocycles. The number of esters is 1. The van der Waals surface area contributed by atoms with Crippen LogP contribution in [0.3, 0.4) is 0 Å². The topological polar surface area (TPSA) is 106 Å². The number of ether oxygens (including phenoxy) is 1. The fourth-order valence-corrected chi connectivity index (χ4v) is 3.16. The minimum Gasteiger partial charge on any atom is -0.462 e. The summed E-state index contributed by atoms with van der Waals surface area (Å²) in [5.74, 6) is -0.700. The highest BCUT2D eigenvalue weighted by Crippen LogP contribution is 2.36. The van der Waals surface area contributed by atoms with Gasteiger partial charge in [-0.25, -0.2) is 14.7 Å². The Kier molecular flexibility index (Phi) is 5.22. The van der Waals surface area contributed by atoms with E-state index in [1.54, 1.807) is 35.8 Å². The van der Waals surface area contributed by atoms with Gasteiger partial charge in [-0.05, 0) is 31.9 Å². The minimum atomic E-state index is -0.485. The zero-order valence-electron chi connectivity index (χ0n) is 13.7. The normalized spacial score (nSPS) is 13.5. The molecule has 1 amide bonds. The number of hydrogen-bond acceptors (Lipinski definition) is 6. The van der Waals surface area contributed by atoms with Crippen molar-refractivity contribution in [1.82, 2.24) is 14.8 Å². The van der Waals surface area contributed by atoms with Crippen molar-refractivity contribution in [3.05, 3.63) is 40.3 Å². The Bertz CT molecular complexity index is 841. The molecule has 1 fully saturated rings. The summed E-state index contributed by atoms with van der Waals surface area (Å²) >= 11 is 1.18. The van der Waals surface area contributed by atoms with E-state index in [0.29, 0.717) is 16.4 Å². The number of aromatic amines is 1. The van der Waals surface area contributed by atoms with Gasteiger partial charge in [-0.2, -0.15) is 0 Å². The summed E-state index contributed by atoms with van der Waals surface area (Å²) < 4.78 is 6.57. The van der Waals surface area contributed by atoms with E-state index in [1.807, 2.05) is 0 Å². The van der Waals surface area contributed by atoms with E-state index in [4.69, 9.17) is 4.74 Å². The molecule has 1 aromatic heterocycles. The Hall–Kier alpha value is -2.55. The lowest BCUT2D eigenvalue weighted by Crippen LogP contribution is -2.19. The van der Waals surface area contributed by atoms with Gasteiger partial charge >= 0.3 is 11.7 Å². The Morgan fingerprint density at radius 3 is 2.88 bits per heavy atom. The summed E-state index contributed by atoms with van der Waals surface area (Å²) in [5, 5.41) is 9.58. The van der Waals surface area contributed by atoms with Crippen LogP contribution >= 0.6 is 11.8 Å². The monoisotopic (exact) mass is 362 g/mol. The third kappa shape index (κ3) is 4.11. The maximum atomic E-state index is 12.2. The van der Waals surface area contributed by atoms with Crippen molar-refractivity contribution in [3.63, 3.8) is 0 Å². The second-order valence-electron chi connectivity index (χ2n) is 5.52. The molecule has 8 nitrogen and oxygen atoms in total. The highest BCUT2D eigenvalue weighted by molar-refractivity contribution is 7.99. The predicted molar refractivity (Wildman–Crippen MR) is 92.9 cm³/mol. The molecule has 25 heavy (non-hydrogen) atoms. The summed E-state index contributed by atoms with van der Waals surface area (Å²) in [6.45, 7) is 1.98. The number of anilines is 1. The molecule has 0 bridgehead atoms. The molecule has 2 aromatic rings.